The van der Waals surface area contributed by atoms with Gasteiger partial charge in [-0.3, -0.25) is 4.57 Å². The monoisotopic (exact) mass is 763 g/mol. The Balaban J connectivity index is 1.15. The van der Waals surface area contributed by atoms with Gasteiger partial charge in [0.1, 0.15) is 5.69 Å². The van der Waals surface area contributed by atoms with Crippen molar-refractivity contribution < 1.29 is 0 Å². The maximum absolute atomic E-state index is 5.80. The lowest BCUT2D eigenvalue weighted by Gasteiger charge is -2.21. The number of hydrogen-bond donors (Lipinski definition) is 0. The predicted octanol–water partition coefficient (Wildman–Crippen LogP) is 15.0. The average molecular weight is 764 g/mol. The lowest BCUT2D eigenvalue weighted by atomic mass is 9.85. The van der Waals surface area contributed by atoms with Gasteiger partial charge in [-0.15, -0.1) is 0 Å². The molecule has 0 radical (unpaired) electrons. The Morgan fingerprint density at radius 2 is 0.950 bits per heavy atom. The first kappa shape index (κ1) is 33.4. The molecule has 0 saturated heterocycles. The minimum Gasteiger partial charge on any atom is -0.292 e. The minimum atomic E-state index is -0.315. The second-order valence-corrected chi connectivity index (χ2v) is 16.9. The van der Waals surface area contributed by atoms with Crippen LogP contribution in [0.4, 0.5) is 0 Å². The summed E-state index contributed by atoms with van der Waals surface area (Å²) in [6.45, 7) is 4.57. The van der Waals surface area contributed by atoms with E-state index in [9.17, 15) is 0 Å². The third kappa shape index (κ3) is 4.60. The van der Waals surface area contributed by atoms with Crippen LogP contribution in [0.2, 0.25) is 0 Å². The van der Waals surface area contributed by atoms with Gasteiger partial charge in [-0.1, -0.05) is 178 Å². The van der Waals surface area contributed by atoms with Gasteiger partial charge in [0.05, 0.1) is 22.4 Å². The molecule has 10 aromatic carbocycles. The summed E-state index contributed by atoms with van der Waals surface area (Å²) in [7, 11) is 0. The van der Waals surface area contributed by atoms with E-state index in [2.05, 4.69) is 206 Å². The maximum Gasteiger partial charge on any atom is 0.165 e. The summed E-state index contributed by atoms with van der Waals surface area (Å²) in [5.41, 5.74) is 10.5. The Morgan fingerprint density at radius 3 is 1.70 bits per heavy atom. The van der Waals surface area contributed by atoms with Crippen LogP contribution in [0.1, 0.15) is 25.1 Å². The molecule has 0 bridgehead atoms. The van der Waals surface area contributed by atoms with E-state index in [4.69, 9.17) is 9.97 Å². The number of nitrogens with zero attached hydrogens (tertiary/aromatic N) is 3. The summed E-state index contributed by atoms with van der Waals surface area (Å²) in [6, 6.07) is 68.8. The van der Waals surface area contributed by atoms with Crippen LogP contribution >= 0.6 is 0 Å². The molecule has 3 heteroatoms. The zero-order valence-corrected chi connectivity index (χ0v) is 33.2. The molecule has 0 saturated carbocycles. The molecule has 12 aromatic rings. The summed E-state index contributed by atoms with van der Waals surface area (Å²) < 4.78 is 2.41. The van der Waals surface area contributed by atoms with Gasteiger partial charge in [-0.25, -0.2) is 9.97 Å². The fourth-order valence-electron chi connectivity index (χ4n) is 10.4. The summed E-state index contributed by atoms with van der Waals surface area (Å²) >= 11 is 0. The van der Waals surface area contributed by atoms with Crippen LogP contribution in [-0.2, 0) is 5.41 Å². The third-order valence-electron chi connectivity index (χ3n) is 13.3. The molecular formula is C57H37N3. The maximum atomic E-state index is 5.80. The molecule has 2 aromatic heterocycles. The molecule has 0 fully saturated rings. The zero-order valence-electron chi connectivity index (χ0n) is 33.2. The quantitative estimate of drug-likeness (QED) is 0.168. The number of aromatic nitrogens is 3. The van der Waals surface area contributed by atoms with Gasteiger partial charge >= 0.3 is 0 Å². The van der Waals surface area contributed by atoms with Crippen molar-refractivity contribution in [3.63, 3.8) is 0 Å². The first-order chi connectivity index (χ1) is 29.5. The molecule has 1 aliphatic rings. The van der Waals surface area contributed by atoms with E-state index in [1.807, 2.05) is 0 Å². The van der Waals surface area contributed by atoms with Crippen LogP contribution in [0.25, 0.3) is 115 Å². The van der Waals surface area contributed by atoms with Crippen molar-refractivity contribution in [2.75, 3.05) is 0 Å². The predicted molar refractivity (Wildman–Crippen MR) is 252 cm³/mol. The molecule has 280 valence electrons. The van der Waals surface area contributed by atoms with Crippen molar-refractivity contribution in [3.05, 3.63) is 199 Å². The number of rotatable bonds is 3. The Bertz CT molecular complexity index is 3760. The number of hydrogen-bond acceptors (Lipinski definition) is 2. The van der Waals surface area contributed by atoms with Crippen LogP contribution in [0.3, 0.4) is 0 Å². The van der Waals surface area contributed by atoms with Crippen molar-refractivity contribution in [2.24, 2.45) is 0 Å². The first-order valence-corrected chi connectivity index (χ1v) is 20.8. The van der Waals surface area contributed by atoms with Crippen LogP contribution in [0.5, 0.6) is 0 Å². The lowest BCUT2D eigenvalue weighted by Crippen LogP contribution is -2.18. The van der Waals surface area contributed by atoms with Crippen molar-refractivity contribution in [1.82, 2.24) is 14.5 Å². The van der Waals surface area contributed by atoms with Crippen LogP contribution in [-0.4, -0.2) is 14.5 Å². The van der Waals surface area contributed by atoms with E-state index in [0.29, 0.717) is 0 Å². The molecule has 3 nitrogen and oxygen atoms in total. The van der Waals surface area contributed by atoms with Crippen LogP contribution in [0.15, 0.2) is 188 Å². The number of benzene rings is 10. The van der Waals surface area contributed by atoms with Crippen molar-refractivity contribution in [2.45, 2.75) is 19.3 Å². The van der Waals surface area contributed by atoms with Gasteiger partial charge in [-0.2, -0.15) is 0 Å². The highest BCUT2D eigenvalue weighted by atomic mass is 15.1. The van der Waals surface area contributed by atoms with Gasteiger partial charge in [0.25, 0.3) is 0 Å². The average Bonchev–Trinajstić information content (AvgIpc) is 3.74. The number of fused-ring (bicyclic) bond motifs is 15. The minimum absolute atomic E-state index is 0.315. The first-order valence-electron chi connectivity index (χ1n) is 20.8. The standard InChI is InChI=1S/C57H37N3/c1-57(2)48-22-12-11-21-46(48)54-55(57)58-53(36-26-23-35(24-27-36)40-28-25-34-13-3-4-14-37(34)31-40)56(59-54)60-49-30-29-45-43-19-8-7-17-41(43)42-18-9-10-20-44(42)51(45)52(49)47-32-38-15-5-6-16-39(38)33-50(47)60/h3-33H,1-2H3. The van der Waals surface area contributed by atoms with E-state index in [-0.39, 0.29) is 5.41 Å². The molecular weight excluding hydrogens is 727 g/mol. The molecule has 60 heavy (non-hydrogen) atoms. The van der Waals surface area contributed by atoms with Crippen molar-refractivity contribution >= 4 is 75.7 Å². The van der Waals surface area contributed by atoms with Gasteiger partial charge in [0, 0.05) is 32.7 Å². The second-order valence-electron chi connectivity index (χ2n) is 16.9. The molecule has 2 heterocycles. The highest BCUT2D eigenvalue weighted by molar-refractivity contribution is 6.35. The van der Waals surface area contributed by atoms with E-state index in [1.165, 1.54) is 81.3 Å². The fraction of sp³-hybridized carbons (Fsp3) is 0.0526. The van der Waals surface area contributed by atoms with Crippen molar-refractivity contribution in [3.8, 4) is 39.5 Å². The molecule has 0 atom stereocenters. The molecule has 0 amide bonds. The Hall–Kier alpha value is -7.62. The summed E-state index contributed by atoms with van der Waals surface area (Å²) in [5, 5.41) is 14.9. The summed E-state index contributed by atoms with van der Waals surface area (Å²) in [4.78, 5) is 11.5. The zero-order chi connectivity index (χ0) is 39.7. The van der Waals surface area contributed by atoms with Gasteiger partial charge < -0.3 is 0 Å². The van der Waals surface area contributed by atoms with E-state index >= 15 is 0 Å². The van der Waals surface area contributed by atoms with Gasteiger partial charge in [0.15, 0.2) is 5.82 Å². The van der Waals surface area contributed by atoms with Crippen molar-refractivity contribution in [1.29, 1.82) is 0 Å². The highest BCUT2D eigenvalue weighted by Crippen LogP contribution is 2.50. The Kier molecular flexibility index (Phi) is 6.78. The largest absolute Gasteiger partial charge is 0.292 e. The molecule has 0 unspecified atom stereocenters. The normalized spacial score (nSPS) is 13.3. The lowest BCUT2D eigenvalue weighted by molar-refractivity contribution is 0.635. The van der Waals surface area contributed by atoms with E-state index in [1.54, 1.807) is 0 Å². The topological polar surface area (TPSA) is 30.7 Å². The SMILES string of the molecule is CC1(C)c2ccccc2-c2nc(-n3c4cc5ccccc5cc4c4c5c6ccccc6c6ccccc6c5ccc43)c(-c3ccc(-c4ccc5ccccc5c4)cc3)nc21. The van der Waals surface area contributed by atoms with Gasteiger partial charge in [0.2, 0.25) is 0 Å². The summed E-state index contributed by atoms with van der Waals surface area (Å²) in [6.07, 6.45) is 0. The fourth-order valence-corrected chi connectivity index (χ4v) is 10.4. The smallest absolute Gasteiger partial charge is 0.165 e. The summed E-state index contributed by atoms with van der Waals surface area (Å²) in [5.74, 6) is 0.833. The highest BCUT2D eigenvalue weighted by Gasteiger charge is 2.39. The third-order valence-corrected chi connectivity index (χ3v) is 13.3. The molecule has 0 spiro atoms. The van der Waals surface area contributed by atoms with E-state index in [0.717, 1.165) is 45.1 Å². The molecule has 0 N–H and O–H groups in total. The van der Waals surface area contributed by atoms with Crippen LogP contribution in [0, 0.1) is 0 Å². The second kappa shape index (κ2) is 12.2. The Morgan fingerprint density at radius 1 is 0.383 bits per heavy atom. The Labute approximate surface area is 346 Å². The molecule has 1 aliphatic carbocycles. The molecule has 13 rings (SSSR count). The van der Waals surface area contributed by atoms with Gasteiger partial charge in [-0.05, 0) is 89.4 Å². The van der Waals surface area contributed by atoms with Crippen LogP contribution < -0.4 is 0 Å². The molecule has 0 aliphatic heterocycles. The van der Waals surface area contributed by atoms with E-state index < -0.39 is 0 Å².